The van der Waals surface area contributed by atoms with Crippen LogP contribution in [-0.4, -0.2) is 17.0 Å². The lowest BCUT2D eigenvalue weighted by Crippen LogP contribution is -2.23. The fourth-order valence-electron chi connectivity index (χ4n) is 3.13. The topological polar surface area (TPSA) is 37.8 Å². The summed E-state index contributed by atoms with van der Waals surface area (Å²) in [4.78, 5) is 9.48. The van der Waals surface area contributed by atoms with Crippen molar-refractivity contribution in [2.45, 2.75) is 39.2 Å². The Hall–Kier alpha value is -1.74. The summed E-state index contributed by atoms with van der Waals surface area (Å²) < 4.78 is 0. The summed E-state index contributed by atoms with van der Waals surface area (Å²) >= 11 is 0. The van der Waals surface area contributed by atoms with Gasteiger partial charge in [-0.15, -0.1) is 0 Å². The zero-order chi connectivity index (χ0) is 14.1. The van der Waals surface area contributed by atoms with Crippen LogP contribution in [0.15, 0.2) is 24.4 Å². The van der Waals surface area contributed by atoms with E-state index < -0.39 is 0 Å². The van der Waals surface area contributed by atoms with Crippen LogP contribution in [0, 0.1) is 13.8 Å². The van der Waals surface area contributed by atoms with Crippen molar-refractivity contribution in [2.75, 3.05) is 7.05 Å². The standard InChI is InChI=1S/C17H21N3/c1-11-6-4-7-12(2)16(11)17-19-10-13-14(18-3)8-5-9-15(13)20-17/h4,6-7,10,14,18H,5,8-9H2,1-3H3. The first-order valence-corrected chi connectivity index (χ1v) is 7.30. The van der Waals surface area contributed by atoms with E-state index in [2.05, 4.69) is 42.3 Å². The van der Waals surface area contributed by atoms with Crippen molar-refractivity contribution in [1.29, 1.82) is 0 Å². The zero-order valence-corrected chi connectivity index (χ0v) is 12.4. The van der Waals surface area contributed by atoms with Gasteiger partial charge < -0.3 is 5.32 Å². The minimum atomic E-state index is 0.408. The maximum absolute atomic E-state index is 4.85. The molecule has 0 spiro atoms. The summed E-state index contributed by atoms with van der Waals surface area (Å²) in [6.07, 6.45) is 5.45. The van der Waals surface area contributed by atoms with Crippen molar-refractivity contribution in [1.82, 2.24) is 15.3 Å². The number of aromatic nitrogens is 2. The molecule has 104 valence electrons. The van der Waals surface area contributed by atoms with Gasteiger partial charge in [0, 0.05) is 29.1 Å². The Morgan fingerprint density at radius 2 is 1.95 bits per heavy atom. The molecular formula is C17H21N3. The van der Waals surface area contributed by atoms with Crippen LogP contribution in [-0.2, 0) is 6.42 Å². The van der Waals surface area contributed by atoms with E-state index in [-0.39, 0.29) is 0 Å². The lowest BCUT2D eigenvalue weighted by atomic mass is 9.92. The maximum Gasteiger partial charge on any atom is 0.159 e. The molecule has 1 heterocycles. The largest absolute Gasteiger partial charge is 0.313 e. The van der Waals surface area contributed by atoms with Gasteiger partial charge in [0.05, 0.1) is 0 Å². The molecule has 0 bridgehead atoms. The molecule has 3 rings (SSSR count). The van der Waals surface area contributed by atoms with Gasteiger partial charge in [-0.3, -0.25) is 0 Å². The first kappa shape index (κ1) is 13.3. The Kier molecular flexibility index (Phi) is 3.53. The third-order valence-electron chi connectivity index (χ3n) is 4.23. The molecule has 0 aliphatic heterocycles. The summed E-state index contributed by atoms with van der Waals surface area (Å²) in [5, 5.41) is 3.36. The van der Waals surface area contributed by atoms with Crippen LogP contribution in [0.25, 0.3) is 11.4 Å². The summed E-state index contributed by atoms with van der Waals surface area (Å²) in [5.74, 6) is 0.871. The van der Waals surface area contributed by atoms with Gasteiger partial charge in [-0.2, -0.15) is 0 Å². The van der Waals surface area contributed by atoms with Crippen molar-refractivity contribution in [3.05, 3.63) is 46.8 Å². The van der Waals surface area contributed by atoms with Crippen LogP contribution in [0.1, 0.15) is 41.3 Å². The molecule has 0 radical (unpaired) electrons. The highest BCUT2D eigenvalue weighted by molar-refractivity contribution is 5.64. The summed E-state index contributed by atoms with van der Waals surface area (Å²) in [6.45, 7) is 4.25. The van der Waals surface area contributed by atoms with Crippen molar-refractivity contribution in [3.63, 3.8) is 0 Å². The summed E-state index contributed by atoms with van der Waals surface area (Å²) in [7, 11) is 2.01. The van der Waals surface area contributed by atoms with Crippen LogP contribution >= 0.6 is 0 Å². The molecule has 1 N–H and O–H groups in total. The van der Waals surface area contributed by atoms with E-state index in [1.807, 2.05) is 13.2 Å². The molecule has 1 aliphatic rings. The molecule has 1 unspecified atom stereocenters. The third-order valence-corrected chi connectivity index (χ3v) is 4.23. The Labute approximate surface area is 120 Å². The molecule has 0 amide bonds. The quantitative estimate of drug-likeness (QED) is 0.906. The van der Waals surface area contributed by atoms with Gasteiger partial charge in [0.25, 0.3) is 0 Å². The number of aryl methyl sites for hydroxylation is 3. The van der Waals surface area contributed by atoms with Gasteiger partial charge in [0.1, 0.15) is 0 Å². The molecule has 3 heteroatoms. The molecule has 0 fully saturated rings. The third kappa shape index (κ3) is 2.22. The minimum absolute atomic E-state index is 0.408. The second-order valence-corrected chi connectivity index (χ2v) is 5.60. The molecule has 0 saturated heterocycles. The first-order chi connectivity index (χ1) is 9.70. The lowest BCUT2D eigenvalue weighted by molar-refractivity contribution is 0.488. The van der Waals surface area contributed by atoms with E-state index in [9.17, 15) is 0 Å². The number of benzene rings is 1. The normalized spacial score (nSPS) is 17.9. The van der Waals surface area contributed by atoms with Crippen molar-refractivity contribution in [3.8, 4) is 11.4 Å². The average molecular weight is 267 g/mol. The fraction of sp³-hybridized carbons (Fsp3) is 0.412. The van der Waals surface area contributed by atoms with Crippen molar-refractivity contribution >= 4 is 0 Å². The predicted octanol–water partition coefficient (Wildman–Crippen LogP) is 3.36. The highest BCUT2D eigenvalue weighted by atomic mass is 14.9. The van der Waals surface area contributed by atoms with E-state index >= 15 is 0 Å². The lowest BCUT2D eigenvalue weighted by Gasteiger charge is -2.24. The van der Waals surface area contributed by atoms with E-state index in [1.165, 1.54) is 40.8 Å². The van der Waals surface area contributed by atoms with Crippen LogP contribution in [0.2, 0.25) is 0 Å². The SMILES string of the molecule is CNC1CCCc2nc(-c3c(C)cccc3C)ncc21. The molecule has 2 aromatic rings. The molecule has 1 aliphatic carbocycles. The minimum Gasteiger partial charge on any atom is -0.313 e. The van der Waals surface area contributed by atoms with Gasteiger partial charge >= 0.3 is 0 Å². The number of nitrogens with zero attached hydrogens (tertiary/aromatic N) is 2. The second kappa shape index (κ2) is 5.33. The van der Waals surface area contributed by atoms with Crippen LogP contribution in [0.3, 0.4) is 0 Å². The zero-order valence-electron chi connectivity index (χ0n) is 12.4. The van der Waals surface area contributed by atoms with E-state index in [4.69, 9.17) is 4.98 Å². The highest BCUT2D eigenvalue weighted by Crippen LogP contribution is 2.30. The predicted molar refractivity (Wildman–Crippen MR) is 81.7 cm³/mol. The molecule has 3 nitrogen and oxygen atoms in total. The fourth-order valence-corrected chi connectivity index (χ4v) is 3.13. The van der Waals surface area contributed by atoms with Crippen LogP contribution in [0.5, 0.6) is 0 Å². The Morgan fingerprint density at radius 1 is 1.20 bits per heavy atom. The van der Waals surface area contributed by atoms with Gasteiger partial charge in [0.2, 0.25) is 0 Å². The molecule has 1 aromatic heterocycles. The molecule has 1 aromatic carbocycles. The number of fused-ring (bicyclic) bond motifs is 1. The number of rotatable bonds is 2. The van der Waals surface area contributed by atoms with Gasteiger partial charge in [-0.05, 0) is 51.3 Å². The smallest absolute Gasteiger partial charge is 0.159 e. The number of nitrogens with one attached hydrogen (secondary N) is 1. The van der Waals surface area contributed by atoms with Gasteiger partial charge in [-0.1, -0.05) is 18.2 Å². The van der Waals surface area contributed by atoms with Crippen molar-refractivity contribution in [2.24, 2.45) is 0 Å². The number of hydrogen-bond acceptors (Lipinski definition) is 3. The first-order valence-electron chi connectivity index (χ1n) is 7.30. The van der Waals surface area contributed by atoms with Crippen LogP contribution in [0.4, 0.5) is 0 Å². The average Bonchev–Trinajstić information content (AvgIpc) is 2.46. The molecular weight excluding hydrogens is 246 g/mol. The van der Waals surface area contributed by atoms with Crippen LogP contribution < -0.4 is 5.32 Å². The maximum atomic E-state index is 4.85. The highest BCUT2D eigenvalue weighted by Gasteiger charge is 2.21. The Bertz CT molecular complexity index is 614. The number of hydrogen-bond donors (Lipinski definition) is 1. The second-order valence-electron chi connectivity index (χ2n) is 5.60. The van der Waals surface area contributed by atoms with Crippen molar-refractivity contribution < 1.29 is 0 Å². The van der Waals surface area contributed by atoms with Gasteiger partial charge in [0.15, 0.2) is 5.82 Å². The Balaban J connectivity index is 2.09. The van der Waals surface area contributed by atoms with E-state index in [0.717, 1.165) is 12.2 Å². The summed E-state index contributed by atoms with van der Waals surface area (Å²) in [5.41, 5.74) is 6.15. The van der Waals surface area contributed by atoms with E-state index in [0.29, 0.717) is 6.04 Å². The summed E-state index contributed by atoms with van der Waals surface area (Å²) in [6, 6.07) is 6.75. The molecule has 20 heavy (non-hydrogen) atoms. The molecule has 0 saturated carbocycles. The monoisotopic (exact) mass is 267 g/mol. The van der Waals surface area contributed by atoms with E-state index in [1.54, 1.807) is 0 Å². The molecule has 1 atom stereocenters. The van der Waals surface area contributed by atoms with Gasteiger partial charge in [-0.25, -0.2) is 9.97 Å². The Morgan fingerprint density at radius 3 is 2.65 bits per heavy atom.